The van der Waals surface area contributed by atoms with Gasteiger partial charge in [-0.2, -0.15) is 0 Å². The first-order valence-corrected chi connectivity index (χ1v) is 7.60. The van der Waals surface area contributed by atoms with Gasteiger partial charge in [0.25, 0.3) is 0 Å². The molecule has 1 aliphatic rings. The lowest BCUT2D eigenvalue weighted by molar-refractivity contribution is 0.384. The minimum Gasteiger partial charge on any atom is -0.0813 e. The second-order valence-corrected chi connectivity index (χ2v) is 4.95. The highest BCUT2D eigenvalue weighted by Gasteiger charge is 2.24. The fraction of sp³-hybridized carbons (Fsp3) is 0.765. The van der Waals surface area contributed by atoms with Crippen LogP contribution >= 0.6 is 0 Å². The van der Waals surface area contributed by atoms with Gasteiger partial charge in [-0.3, -0.25) is 0 Å². The highest BCUT2D eigenvalue weighted by molar-refractivity contribution is 5.35. The maximum absolute atomic E-state index is 2.46. The zero-order valence-electron chi connectivity index (χ0n) is 12.8. The van der Waals surface area contributed by atoms with Crippen LogP contribution < -0.4 is 0 Å². The van der Waals surface area contributed by atoms with Gasteiger partial charge >= 0.3 is 0 Å². The molecule has 1 aliphatic carbocycles. The summed E-state index contributed by atoms with van der Waals surface area (Å²) < 4.78 is 0. The predicted molar refractivity (Wildman–Crippen MR) is 80.3 cm³/mol. The molecule has 1 unspecified atom stereocenters. The van der Waals surface area contributed by atoms with Crippen molar-refractivity contribution in [2.75, 3.05) is 0 Å². The van der Waals surface area contributed by atoms with Crippen LogP contribution in [-0.2, 0) is 0 Å². The molecule has 0 heterocycles. The van der Waals surface area contributed by atoms with Crippen LogP contribution in [0.5, 0.6) is 0 Å². The van der Waals surface area contributed by atoms with E-state index in [1.807, 2.05) is 13.8 Å². The number of hydrogen-bond acceptors (Lipinski definition) is 0. The van der Waals surface area contributed by atoms with Crippen molar-refractivity contribution in [1.29, 1.82) is 0 Å². The van der Waals surface area contributed by atoms with Crippen molar-refractivity contribution in [2.45, 2.75) is 73.6 Å². The quantitative estimate of drug-likeness (QED) is 0.552. The van der Waals surface area contributed by atoms with Gasteiger partial charge in [-0.05, 0) is 55.1 Å². The summed E-state index contributed by atoms with van der Waals surface area (Å²) in [5, 5.41) is 0. The lowest BCUT2D eigenvalue weighted by atomic mass is 9.74. The summed E-state index contributed by atoms with van der Waals surface area (Å²) in [5.74, 6) is 1.61. The molecule has 1 atom stereocenters. The second-order valence-electron chi connectivity index (χ2n) is 4.95. The Morgan fingerprint density at radius 3 is 2.18 bits per heavy atom. The van der Waals surface area contributed by atoms with Crippen LogP contribution in [-0.4, -0.2) is 0 Å². The third-order valence-corrected chi connectivity index (χ3v) is 3.41. The SMILES string of the molecule is CC.CC/C=C1/CCCC(C(C)C)/C1=C/CC. The Morgan fingerprint density at radius 2 is 1.71 bits per heavy atom. The Kier molecular flexibility index (Phi) is 9.21. The molecule has 0 bridgehead atoms. The summed E-state index contributed by atoms with van der Waals surface area (Å²) in [6, 6.07) is 0. The largest absolute Gasteiger partial charge is 0.0813 e. The van der Waals surface area contributed by atoms with Crippen molar-refractivity contribution in [3.8, 4) is 0 Å². The summed E-state index contributed by atoms with van der Waals surface area (Å²) in [4.78, 5) is 0. The molecule has 0 aromatic heterocycles. The Balaban J connectivity index is 0.00000121. The summed E-state index contributed by atoms with van der Waals surface area (Å²) in [6.07, 6.45) is 11.4. The van der Waals surface area contributed by atoms with Crippen LogP contribution in [0.2, 0.25) is 0 Å². The first-order valence-electron chi connectivity index (χ1n) is 7.60. The van der Waals surface area contributed by atoms with Gasteiger partial charge in [-0.15, -0.1) is 0 Å². The molecule has 0 heteroatoms. The van der Waals surface area contributed by atoms with E-state index < -0.39 is 0 Å². The monoisotopic (exact) mass is 236 g/mol. The molecule has 0 spiro atoms. The third-order valence-electron chi connectivity index (χ3n) is 3.41. The maximum atomic E-state index is 2.46. The van der Waals surface area contributed by atoms with Crippen LogP contribution in [0.25, 0.3) is 0 Å². The van der Waals surface area contributed by atoms with E-state index in [2.05, 4.69) is 39.8 Å². The zero-order valence-corrected chi connectivity index (χ0v) is 12.8. The molecule has 0 aromatic carbocycles. The molecule has 0 radical (unpaired) electrons. The fourth-order valence-corrected chi connectivity index (χ4v) is 2.71. The van der Waals surface area contributed by atoms with Crippen molar-refractivity contribution in [3.05, 3.63) is 23.3 Å². The average molecular weight is 236 g/mol. The zero-order chi connectivity index (χ0) is 13.3. The smallest absolute Gasteiger partial charge is 0.0139 e. The van der Waals surface area contributed by atoms with Crippen LogP contribution in [0.4, 0.5) is 0 Å². The van der Waals surface area contributed by atoms with Gasteiger partial charge in [0.1, 0.15) is 0 Å². The molecule has 0 aliphatic heterocycles. The van der Waals surface area contributed by atoms with E-state index in [0.717, 1.165) is 11.8 Å². The molecule has 1 fully saturated rings. The summed E-state index contributed by atoms with van der Waals surface area (Å²) in [5.41, 5.74) is 3.31. The first-order chi connectivity index (χ1) is 8.20. The van der Waals surface area contributed by atoms with Gasteiger partial charge in [-0.25, -0.2) is 0 Å². The normalized spacial score (nSPS) is 25.0. The lowest BCUT2D eigenvalue weighted by Crippen LogP contribution is -2.18. The summed E-state index contributed by atoms with van der Waals surface area (Å²) in [7, 11) is 0. The van der Waals surface area contributed by atoms with Gasteiger partial charge in [0.2, 0.25) is 0 Å². The topological polar surface area (TPSA) is 0 Å². The van der Waals surface area contributed by atoms with Gasteiger partial charge in [0.05, 0.1) is 0 Å². The van der Waals surface area contributed by atoms with Crippen molar-refractivity contribution in [2.24, 2.45) is 11.8 Å². The summed E-state index contributed by atoms with van der Waals surface area (Å²) >= 11 is 0. The molecule has 17 heavy (non-hydrogen) atoms. The third kappa shape index (κ3) is 5.10. The van der Waals surface area contributed by atoms with Crippen molar-refractivity contribution >= 4 is 0 Å². The maximum Gasteiger partial charge on any atom is -0.0139 e. The molecule has 100 valence electrons. The standard InChI is InChI=1S/C15H26.C2H6/c1-5-8-13-10-7-11-14(12(3)4)15(13)9-6-2;1-2/h8-9,12,14H,5-7,10-11H2,1-4H3;1-2H3/b13-8-,15-9+;. The molecular weight excluding hydrogens is 204 g/mol. The Morgan fingerprint density at radius 1 is 1.12 bits per heavy atom. The van der Waals surface area contributed by atoms with Gasteiger partial charge in [-0.1, -0.05) is 53.7 Å². The van der Waals surface area contributed by atoms with Crippen LogP contribution in [0.15, 0.2) is 23.3 Å². The van der Waals surface area contributed by atoms with E-state index in [1.165, 1.54) is 32.1 Å². The minimum absolute atomic E-state index is 0.795. The Bertz CT molecular complexity index is 243. The van der Waals surface area contributed by atoms with Crippen molar-refractivity contribution in [3.63, 3.8) is 0 Å². The second kappa shape index (κ2) is 9.50. The molecule has 0 nitrogen and oxygen atoms in total. The van der Waals surface area contributed by atoms with E-state index in [-0.39, 0.29) is 0 Å². The van der Waals surface area contributed by atoms with E-state index in [1.54, 1.807) is 11.1 Å². The molecule has 0 saturated heterocycles. The van der Waals surface area contributed by atoms with Gasteiger partial charge in [0, 0.05) is 0 Å². The van der Waals surface area contributed by atoms with Crippen LogP contribution in [0.3, 0.4) is 0 Å². The van der Waals surface area contributed by atoms with Gasteiger partial charge in [0.15, 0.2) is 0 Å². The highest BCUT2D eigenvalue weighted by atomic mass is 14.3. The van der Waals surface area contributed by atoms with Crippen LogP contribution in [0, 0.1) is 11.8 Å². The van der Waals surface area contributed by atoms with E-state index >= 15 is 0 Å². The van der Waals surface area contributed by atoms with Crippen molar-refractivity contribution in [1.82, 2.24) is 0 Å². The molecular formula is C17H32. The Labute approximate surface area is 109 Å². The minimum atomic E-state index is 0.795. The van der Waals surface area contributed by atoms with E-state index in [4.69, 9.17) is 0 Å². The molecule has 0 amide bonds. The number of hydrogen-bond donors (Lipinski definition) is 0. The molecule has 0 N–H and O–H groups in total. The first kappa shape index (κ1) is 16.5. The summed E-state index contributed by atoms with van der Waals surface area (Å²) in [6.45, 7) is 13.2. The van der Waals surface area contributed by atoms with Crippen molar-refractivity contribution < 1.29 is 0 Å². The average Bonchev–Trinajstić information content (AvgIpc) is 2.34. The number of allylic oxidation sites excluding steroid dienone is 4. The number of rotatable bonds is 3. The van der Waals surface area contributed by atoms with E-state index in [0.29, 0.717) is 0 Å². The fourth-order valence-electron chi connectivity index (χ4n) is 2.71. The van der Waals surface area contributed by atoms with E-state index in [9.17, 15) is 0 Å². The Hall–Kier alpha value is -0.520. The highest BCUT2D eigenvalue weighted by Crippen LogP contribution is 2.38. The molecule has 1 saturated carbocycles. The lowest BCUT2D eigenvalue weighted by Gasteiger charge is -2.31. The van der Waals surface area contributed by atoms with Gasteiger partial charge < -0.3 is 0 Å². The van der Waals surface area contributed by atoms with Crippen LogP contribution in [0.1, 0.15) is 73.6 Å². The molecule has 1 rings (SSSR count). The predicted octanol–water partition coefficient (Wildman–Crippen LogP) is 6.14. The molecule has 0 aromatic rings.